The van der Waals surface area contributed by atoms with Gasteiger partial charge in [-0.05, 0) is 18.1 Å². The molecule has 0 amide bonds. The van der Waals surface area contributed by atoms with Crippen molar-refractivity contribution in [2.45, 2.75) is 19.8 Å². The zero-order chi connectivity index (χ0) is 6.41. The second-order valence-corrected chi connectivity index (χ2v) is 2.70. The number of thiol groups is 1. The second kappa shape index (κ2) is 5.77. The van der Waals surface area contributed by atoms with Crippen molar-refractivity contribution in [1.29, 1.82) is 0 Å². The van der Waals surface area contributed by atoms with E-state index in [4.69, 9.17) is 11.6 Å². The molecule has 0 aromatic carbocycles. The number of rotatable bonds is 4. The van der Waals surface area contributed by atoms with E-state index in [2.05, 4.69) is 19.6 Å². The molecule has 0 saturated carbocycles. The summed E-state index contributed by atoms with van der Waals surface area (Å²) in [6.45, 7) is 2.16. The minimum absolute atomic E-state index is 0.689. The average molecular weight is 153 g/mol. The van der Waals surface area contributed by atoms with Gasteiger partial charge in [-0.15, -0.1) is 11.6 Å². The number of hydrogen-bond donors (Lipinski definition) is 1. The normalized spacial score (nSPS) is 13.9. The summed E-state index contributed by atoms with van der Waals surface area (Å²) in [5, 5.41) is 0. The Balaban J connectivity index is 3.07. The maximum Gasteiger partial charge on any atom is 0.0251 e. The molecule has 0 aliphatic carbocycles. The minimum atomic E-state index is 0.689. The summed E-state index contributed by atoms with van der Waals surface area (Å²) in [7, 11) is 0. The van der Waals surface area contributed by atoms with Crippen molar-refractivity contribution in [2.24, 2.45) is 5.92 Å². The number of alkyl halides is 1. The Morgan fingerprint density at radius 1 is 1.62 bits per heavy atom. The lowest BCUT2D eigenvalue weighted by Crippen LogP contribution is -2.00. The van der Waals surface area contributed by atoms with E-state index in [1.807, 2.05) is 0 Å². The van der Waals surface area contributed by atoms with Crippen LogP contribution in [0.2, 0.25) is 0 Å². The largest absolute Gasteiger partial charge is 0.179 e. The van der Waals surface area contributed by atoms with E-state index >= 15 is 0 Å². The Kier molecular flexibility index (Phi) is 6.23. The van der Waals surface area contributed by atoms with Gasteiger partial charge < -0.3 is 0 Å². The van der Waals surface area contributed by atoms with Crippen LogP contribution in [0.3, 0.4) is 0 Å². The van der Waals surface area contributed by atoms with Gasteiger partial charge >= 0.3 is 0 Å². The first-order valence-electron chi connectivity index (χ1n) is 3.02. The molecule has 0 radical (unpaired) electrons. The minimum Gasteiger partial charge on any atom is -0.179 e. The predicted octanol–water partition coefficient (Wildman–Crippen LogP) is 2.57. The molecule has 0 N–H and O–H groups in total. The first-order chi connectivity index (χ1) is 3.85. The second-order valence-electron chi connectivity index (χ2n) is 1.94. The molecule has 0 rings (SSSR count). The van der Waals surface area contributed by atoms with Crippen molar-refractivity contribution in [1.82, 2.24) is 0 Å². The van der Waals surface area contributed by atoms with E-state index in [9.17, 15) is 0 Å². The third-order valence-electron chi connectivity index (χ3n) is 1.33. The third-order valence-corrected chi connectivity index (χ3v) is 2.03. The zero-order valence-corrected chi connectivity index (χ0v) is 6.88. The fourth-order valence-corrected chi connectivity index (χ4v) is 1.31. The maximum atomic E-state index is 5.61. The van der Waals surface area contributed by atoms with Crippen molar-refractivity contribution in [3.8, 4) is 0 Å². The van der Waals surface area contributed by atoms with E-state index in [1.54, 1.807) is 0 Å². The molecule has 0 saturated heterocycles. The van der Waals surface area contributed by atoms with Gasteiger partial charge in [0.05, 0.1) is 0 Å². The Morgan fingerprint density at radius 3 is 2.38 bits per heavy atom. The van der Waals surface area contributed by atoms with Gasteiger partial charge in [-0.25, -0.2) is 0 Å². The summed E-state index contributed by atoms with van der Waals surface area (Å²) in [4.78, 5) is 0. The fourth-order valence-electron chi connectivity index (χ4n) is 0.573. The van der Waals surface area contributed by atoms with Crippen molar-refractivity contribution in [3.05, 3.63) is 0 Å². The highest BCUT2D eigenvalue weighted by Crippen LogP contribution is 2.09. The first kappa shape index (κ1) is 8.64. The van der Waals surface area contributed by atoms with Crippen LogP contribution in [0.15, 0.2) is 0 Å². The molecule has 1 atom stereocenters. The standard InChI is InChI=1S/C6H13ClS/c1-2-6(5-7)3-4-8/h6,8H,2-5H2,1H3. The average Bonchev–Trinajstić information content (AvgIpc) is 1.83. The van der Waals surface area contributed by atoms with Gasteiger partial charge in [0.15, 0.2) is 0 Å². The van der Waals surface area contributed by atoms with Crippen molar-refractivity contribution >= 4 is 24.2 Å². The Bertz CT molecular complexity index is 43.8. The molecule has 0 aliphatic rings. The molecule has 0 aromatic heterocycles. The smallest absolute Gasteiger partial charge is 0.0251 e. The van der Waals surface area contributed by atoms with Crippen LogP contribution in [0.25, 0.3) is 0 Å². The molecule has 0 aliphatic heterocycles. The first-order valence-corrected chi connectivity index (χ1v) is 4.18. The van der Waals surface area contributed by atoms with E-state index in [-0.39, 0.29) is 0 Å². The third kappa shape index (κ3) is 3.62. The van der Waals surface area contributed by atoms with E-state index < -0.39 is 0 Å². The van der Waals surface area contributed by atoms with Gasteiger partial charge in [-0.1, -0.05) is 13.3 Å². The van der Waals surface area contributed by atoms with Gasteiger partial charge in [-0.2, -0.15) is 12.6 Å². The summed E-state index contributed by atoms with van der Waals surface area (Å²) >= 11 is 9.72. The van der Waals surface area contributed by atoms with Crippen LogP contribution in [0.5, 0.6) is 0 Å². The summed E-state index contributed by atoms with van der Waals surface area (Å²) in [6.07, 6.45) is 2.34. The summed E-state index contributed by atoms with van der Waals surface area (Å²) < 4.78 is 0. The lowest BCUT2D eigenvalue weighted by molar-refractivity contribution is 0.556. The Morgan fingerprint density at radius 2 is 2.25 bits per heavy atom. The highest BCUT2D eigenvalue weighted by Gasteiger charge is 2.00. The fraction of sp³-hybridized carbons (Fsp3) is 1.00. The monoisotopic (exact) mass is 152 g/mol. The van der Waals surface area contributed by atoms with Crippen molar-refractivity contribution in [2.75, 3.05) is 11.6 Å². The van der Waals surface area contributed by atoms with Gasteiger partial charge in [0.2, 0.25) is 0 Å². The van der Waals surface area contributed by atoms with Crippen LogP contribution in [0.1, 0.15) is 19.8 Å². The van der Waals surface area contributed by atoms with E-state index in [0.717, 1.165) is 18.1 Å². The molecule has 50 valence electrons. The summed E-state index contributed by atoms with van der Waals surface area (Å²) in [5.41, 5.74) is 0. The number of hydrogen-bond acceptors (Lipinski definition) is 1. The van der Waals surface area contributed by atoms with Crippen LogP contribution >= 0.6 is 24.2 Å². The molecule has 0 spiro atoms. The predicted molar refractivity (Wildman–Crippen MR) is 43.0 cm³/mol. The highest BCUT2D eigenvalue weighted by atomic mass is 35.5. The molecule has 1 unspecified atom stereocenters. The molecule has 8 heavy (non-hydrogen) atoms. The van der Waals surface area contributed by atoms with Gasteiger partial charge in [-0.3, -0.25) is 0 Å². The molecule has 0 fully saturated rings. The molecular weight excluding hydrogens is 140 g/mol. The van der Waals surface area contributed by atoms with Gasteiger partial charge in [0, 0.05) is 5.88 Å². The Hall–Kier alpha value is 0.640. The quantitative estimate of drug-likeness (QED) is 0.465. The lowest BCUT2D eigenvalue weighted by atomic mass is 10.1. The van der Waals surface area contributed by atoms with Crippen molar-refractivity contribution < 1.29 is 0 Å². The van der Waals surface area contributed by atoms with E-state index in [1.165, 1.54) is 6.42 Å². The van der Waals surface area contributed by atoms with E-state index in [0.29, 0.717) is 5.92 Å². The summed E-state index contributed by atoms with van der Waals surface area (Å²) in [5.74, 6) is 2.44. The lowest BCUT2D eigenvalue weighted by Gasteiger charge is -2.06. The van der Waals surface area contributed by atoms with Crippen LogP contribution < -0.4 is 0 Å². The van der Waals surface area contributed by atoms with Crippen LogP contribution in [0.4, 0.5) is 0 Å². The summed E-state index contributed by atoms with van der Waals surface area (Å²) in [6, 6.07) is 0. The molecule has 0 nitrogen and oxygen atoms in total. The SMILES string of the molecule is CCC(CCl)CCS. The van der Waals surface area contributed by atoms with Crippen LogP contribution in [0, 0.1) is 5.92 Å². The maximum absolute atomic E-state index is 5.61. The van der Waals surface area contributed by atoms with Crippen LogP contribution in [-0.4, -0.2) is 11.6 Å². The zero-order valence-electron chi connectivity index (χ0n) is 5.23. The highest BCUT2D eigenvalue weighted by molar-refractivity contribution is 7.80. The molecule has 2 heteroatoms. The van der Waals surface area contributed by atoms with Crippen molar-refractivity contribution in [3.63, 3.8) is 0 Å². The molecule has 0 aromatic rings. The number of halogens is 1. The molecule has 0 heterocycles. The van der Waals surface area contributed by atoms with Gasteiger partial charge in [0.25, 0.3) is 0 Å². The van der Waals surface area contributed by atoms with Crippen LogP contribution in [-0.2, 0) is 0 Å². The van der Waals surface area contributed by atoms with Gasteiger partial charge in [0.1, 0.15) is 0 Å². The molecular formula is C6H13ClS. The Labute approximate surface area is 62.0 Å². The molecule has 0 bridgehead atoms. The topological polar surface area (TPSA) is 0 Å².